The molecule has 23 heavy (non-hydrogen) atoms. The summed E-state index contributed by atoms with van der Waals surface area (Å²) in [6.45, 7) is 3.31. The first kappa shape index (κ1) is 16.3. The molecule has 0 aliphatic carbocycles. The van der Waals surface area contributed by atoms with Crippen molar-refractivity contribution in [2.75, 3.05) is 29.5 Å². The molecule has 126 valence electrons. The van der Waals surface area contributed by atoms with Crippen LogP contribution in [0.4, 0.5) is 5.69 Å². The van der Waals surface area contributed by atoms with Crippen molar-refractivity contribution in [2.45, 2.75) is 38.6 Å². The molecular weight excluding hydrogens is 312 g/mol. The number of sulfone groups is 1. The molecule has 2 heterocycles. The molecule has 0 radical (unpaired) electrons. The molecule has 0 spiro atoms. The van der Waals surface area contributed by atoms with Crippen molar-refractivity contribution >= 4 is 21.4 Å². The lowest BCUT2D eigenvalue weighted by molar-refractivity contribution is -0.120. The second kappa shape index (κ2) is 6.51. The number of hydrogen-bond donors (Lipinski definition) is 1. The number of amides is 1. The van der Waals surface area contributed by atoms with Crippen molar-refractivity contribution in [3.63, 3.8) is 0 Å². The minimum atomic E-state index is -2.96. The Morgan fingerprint density at radius 2 is 2.22 bits per heavy atom. The van der Waals surface area contributed by atoms with Crippen molar-refractivity contribution in [2.24, 2.45) is 0 Å². The second-order valence-electron chi connectivity index (χ2n) is 6.47. The van der Waals surface area contributed by atoms with Gasteiger partial charge in [0.15, 0.2) is 9.84 Å². The molecule has 5 nitrogen and oxygen atoms in total. The van der Waals surface area contributed by atoms with Gasteiger partial charge < -0.3 is 10.2 Å². The summed E-state index contributed by atoms with van der Waals surface area (Å²) in [7, 11) is -2.96. The maximum absolute atomic E-state index is 12.3. The van der Waals surface area contributed by atoms with Crippen molar-refractivity contribution in [3.05, 3.63) is 29.3 Å². The van der Waals surface area contributed by atoms with E-state index in [1.165, 1.54) is 16.8 Å². The lowest BCUT2D eigenvalue weighted by atomic mass is 9.96. The smallest absolute Gasteiger partial charge is 0.239 e. The van der Waals surface area contributed by atoms with E-state index in [4.69, 9.17) is 0 Å². The zero-order valence-electron chi connectivity index (χ0n) is 13.5. The van der Waals surface area contributed by atoms with Crippen LogP contribution in [0.15, 0.2) is 18.2 Å². The molecule has 3 rings (SSSR count). The van der Waals surface area contributed by atoms with Crippen molar-refractivity contribution < 1.29 is 13.2 Å². The van der Waals surface area contributed by atoms with Crippen molar-refractivity contribution in [3.8, 4) is 0 Å². The number of para-hydroxylation sites is 1. The fraction of sp³-hybridized carbons (Fsp3) is 0.588. The molecule has 6 heteroatoms. The summed E-state index contributed by atoms with van der Waals surface area (Å²) < 4.78 is 23.0. The summed E-state index contributed by atoms with van der Waals surface area (Å²) in [6.07, 6.45) is 3.58. The van der Waals surface area contributed by atoms with E-state index in [0.29, 0.717) is 13.0 Å². The summed E-state index contributed by atoms with van der Waals surface area (Å²) in [5.41, 5.74) is 3.79. The molecule has 1 unspecified atom stereocenters. The number of nitrogens with one attached hydrogen (secondary N) is 1. The number of carbonyl (C=O) groups excluding carboxylic acids is 1. The Hall–Kier alpha value is -1.56. The van der Waals surface area contributed by atoms with Gasteiger partial charge in [-0.15, -0.1) is 0 Å². The average Bonchev–Trinajstić information content (AvgIpc) is 2.85. The normalized spacial score (nSPS) is 22.7. The van der Waals surface area contributed by atoms with Crippen LogP contribution in [0.2, 0.25) is 0 Å². The first-order chi connectivity index (χ1) is 11.0. The van der Waals surface area contributed by atoms with Crippen LogP contribution in [0.25, 0.3) is 0 Å². The Kier molecular flexibility index (Phi) is 4.62. The molecule has 0 aromatic heterocycles. The molecule has 0 bridgehead atoms. The molecule has 2 aliphatic heterocycles. The standard InChI is InChI=1S/C17H24N2O3S/c1-2-13-5-3-6-14-7-4-9-19(17(13)14)11-16(20)18-15-8-10-23(21,22)12-15/h3,5-6,15H,2,4,7-12H2,1H3,(H,18,20). The van der Waals surface area contributed by atoms with Crippen molar-refractivity contribution in [1.29, 1.82) is 0 Å². The van der Waals surface area contributed by atoms with Gasteiger partial charge in [-0.05, 0) is 36.8 Å². The fourth-order valence-electron chi connectivity index (χ4n) is 3.62. The molecule has 2 aliphatic rings. The summed E-state index contributed by atoms with van der Waals surface area (Å²) in [4.78, 5) is 14.5. The number of benzene rings is 1. The third-order valence-corrected chi connectivity index (χ3v) is 6.47. The second-order valence-corrected chi connectivity index (χ2v) is 8.70. The summed E-state index contributed by atoms with van der Waals surface area (Å²) in [6, 6.07) is 6.13. The van der Waals surface area contributed by atoms with Gasteiger partial charge in [0.25, 0.3) is 0 Å². The van der Waals surface area contributed by atoms with Crippen LogP contribution in [0.1, 0.15) is 30.9 Å². The maximum atomic E-state index is 12.3. The summed E-state index contributed by atoms with van der Waals surface area (Å²) in [5, 5.41) is 2.89. The van der Waals surface area contributed by atoms with E-state index in [1.807, 2.05) is 0 Å². The highest BCUT2D eigenvalue weighted by Gasteiger charge is 2.29. The van der Waals surface area contributed by atoms with Crippen LogP contribution >= 0.6 is 0 Å². The SMILES string of the molecule is CCc1cccc2c1N(CC(=O)NC1CCS(=O)(=O)C1)CCC2. The lowest BCUT2D eigenvalue weighted by Gasteiger charge is -2.33. The number of hydrogen-bond acceptors (Lipinski definition) is 4. The Labute approximate surface area is 138 Å². The quantitative estimate of drug-likeness (QED) is 0.900. The van der Waals surface area contributed by atoms with Crippen LogP contribution in [0.3, 0.4) is 0 Å². The maximum Gasteiger partial charge on any atom is 0.239 e. The van der Waals surface area contributed by atoms with Gasteiger partial charge in [-0.3, -0.25) is 4.79 Å². The molecule has 0 saturated carbocycles. The molecule has 1 aromatic carbocycles. The van der Waals surface area contributed by atoms with Crippen LogP contribution in [0, 0.1) is 0 Å². The zero-order valence-corrected chi connectivity index (χ0v) is 14.4. The number of rotatable bonds is 4. The fourth-order valence-corrected chi connectivity index (χ4v) is 5.30. The Balaban J connectivity index is 1.69. The third kappa shape index (κ3) is 3.68. The van der Waals surface area contributed by atoms with Gasteiger partial charge in [-0.2, -0.15) is 0 Å². The van der Waals surface area contributed by atoms with Gasteiger partial charge in [0.2, 0.25) is 5.91 Å². The molecule has 1 atom stereocenters. The van der Waals surface area contributed by atoms with E-state index in [-0.39, 0.29) is 23.5 Å². The predicted molar refractivity (Wildman–Crippen MR) is 91.6 cm³/mol. The molecule has 1 saturated heterocycles. The third-order valence-electron chi connectivity index (χ3n) is 4.71. The molecular formula is C17H24N2O3S. The Bertz CT molecular complexity index is 686. The van der Waals surface area contributed by atoms with Crippen LogP contribution < -0.4 is 10.2 Å². The predicted octanol–water partition coefficient (Wildman–Crippen LogP) is 1.30. The number of aryl methyl sites for hydroxylation is 2. The van der Waals surface area contributed by atoms with E-state index in [1.54, 1.807) is 0 Å². The average molecular weight is 336 g/mol. The largest absolute Gasteiger partial charge is 0.362 e. The Morgan fingerprint density at radius 1 is 1.39 bits per heavy atom. The highest BCUT2D eigenvalue weighted by atomic mass is 32.2. The van der Waals surface area contributed by atoms with E-state index in [0.717, 1.165) is 25.8 Å². The summed E-state index contributed by atoms with van der Waals surface area (Å²) >= 11 is 0. The molecule has 1 amide bonds. The molecule has 1 N–H and O–H groups in total. The number of carbonyl (C=O) groups is 1. The lowest BCUT2D eigenvalue weighted by Crippen LogP contribution is -2.44. The topological polar surface area (TPSA) is 66.5 Å². The minimum absolute atomic E-state index is 0.0779. The zero-order chi connectivity index (χ0) is 16.4. The van der Waals surface area contributed by atoms with Crippen LogP contribution in [-0.2, 0) is 27.5 Å². The van der Waals surface area contributed by atoms with Gasteiger partial charge in [-0.25, -0.2) is 8.42 Å². The molecule has 1 aromatic rings. The van der Waals surface area contributed by atoms with Crippen LogP contribution in [-0.4, -0.2) is 45.0 Å². The molecule has 1 fully saturated rings. The van der Waals surface area contributed by atoms with E-state index >= 15 is 0 Å². The van der Waals surface area contributed by atoms with Gasteiger partial charge >= 0.3 is 0 Å². The first-order valence-electron chi connectivity index (χ1n) is 8.34. The monoisotopic (exact) mass is 336 g/mol. The van der Waals surface area contributed by atoms with E-state index in [2.05, 4.69) is 35.3 Å². The number of fused-ring (bicyclic) bond motifs is 1. The highest BCUT2D eigenvalue weighted by Crippen LogP contribution is 2.31. The number of nitrogens with zero attached hydrogens (tertiary/aromatic N) is 1. The minimum Gasteiger partial charge on any atom is -0.362 e. The Morgan fingerprint density at radius 3 is 2.91 bits per heavy atom. The van der Waals surface area contributed by atoms with Crippen LogP contribution in [0.5, 0.6) is 0 Å². The van der Waals surface area contributed by atoms with Gasteiger partial charge in [0.1, 0.15) is 0 Å². The number of anilines is 1. The van der Waals surface area contributed by atoms with Gasteiger partial charge in [0.05, 0.1) is 18.1 Å². The van der Waals surface area contributed by atoms with E-state index < -0.39 is 9.84 Å². The van der Waals surface area contributed by atoms with E-state index in [9.17, 15) is 13.2 Å². The van der Waals surface area contributed by atoms with Gasteiger partial charge in [0, 0.05) is 18.3 Å². The van der Waals surface area contributed by atoms with Crippen molar-refractivity contribution in [1.82, 2.24) is 5.32 Å². The highest BCUT2D eigenvalue weighted by molar-refractivity contribution is 7.91. The summed E-state index contributed by atoms with van der Waals surface area (Å²) in [5.74, 6) is 0.186. The van der Waals surface area contributed by atoms with Gasteiger partial charge in [-0.1, -0.05) is 25.1 Å². The first-order valence-corrected chi connectivity index (χ1v) is 10.2.